The Kier molecular flexibility index (Phi) is 5.83. The molecule has 1 aliphatic rings. The van der Waals surface area contributed by atoms with Crippen molar-refractivity contribution in [2.75, 3.05) is 43.5 Å². The van der Waals surface area contributed by atoms with Gasteiger partial charge in [0.2, 0.25) is 0 Å². The van der Waals surface area contributed by atoms with Crippen LogP contribution in [-0.2, 0) is 6.42 Å². The normalized spacial score (nSPS) is 13.9. The Hall–Kier alpha value is -3.55. The first-order chi connectivity index (χ1) is 14.7. The monoisotopic (exact) mass is 406 g/mol. The van der Waals surface area contributed by atoms with E-state index >= 15 is 0 Å². The maximum absolute atomic E-state index is 13.1. The van der Waals surface area contributed by atoms with E-state index in [1.807, 2.05) is 41.3 Å². The lowest BCUT2D eigenvalue weighted by Gasteiger charge is -2.36. The highest BCUT2D eigenvalue weighted by atomic mass is 16.5. The molecule has 1 aromatic heterocycles. The van der Waals surface area contributed by atoms with Gasteiger partial charge in [-0.05, 0) is 36.2 Å². The van der Waals surface area contributed by atoms with Gasteiger partial charge in [0, 0.05) is 31.9 Å². The highest BCUT2D eigenvalue weighted by molar-refractivity contribution is 5.97. The molecule has 1 saturated heterocycles. The van der Waals surface area contributed by atoms with Gasteiger partial charge in [-0.15, -0.1) is 10.2 Å². The summed E-state index contributed by atoms with van der Waals surface area (Å²) < 4.78 is 5.47. The molecule has 156 valence electrons. The summed E-state index contributed by atoms with van der Waals surface area (Å²) in [6.45, 7) is 4.78. The Labute approximate surface area is 175 Å². The lowest BCUT2D eigenvalue weighted by atomic mass is 10.1. The quantitative estimate of drug-likeness (QED) is 0.654. The van der Waals surface area contributed by atoms with Gasteiger partial charge in [-0.2, -0.15) is 5.21 Å². The Bertz CT molecular complexity index is 993. The van der Waals surface area contributed by atoms with Crippen LogP contribution < -0.4 is 15.0 Å². The molecule has 30 heavy (non-hydrogen) atoms. The fourth-order valence-corrected chi connectivity index (χ4v) is 3.62. The van der Waals surface area contributed by atoms with Crippen molar-refractivity contribution in [1.82, 2.24) is 20.3 Å². The number of nitrogens with zero attached hydrogens (tertiary/aromatic N) is 4. The van der Waals surface area contributed by atoms with Gasteiger partial charge < -0.3 is 19.9 Å². The number of piperazine rings is 1. The summed E-state index contributed by atoms with van der Waals surface area (Å²) in [4.78, 5) is 17.1. The molecule has 0 radical (unpaired) electrons. The summed E-state index contributed by atoms with van der Waals surface area (Å²) in [5, 5.41) is 14.0. The van der Waals surface area contributed by atoms with Crippen LogP contribution in [0.25, 0.3) is 0 Å². The zero-order chi connectivity index (χ0) is 20.9. The molecule has 8 nitrogen and oxygen atoms in total. The zero-order valence-electron chi connectivity index (χ0n) is 17.3. The summed E-state index contributed by atoms with van der Waals surface area (Å²) in [7, 11) is 1.67. The molecule has 4 rings (SSSR count). The number of H-pyrrole nitrogens is 1. The number of amides is 1. The van der Waals surface area contributed by atoms with E-state index in [1.165, 1.54) is 5.56 Å². The molecule has 2 heterocycles. The number of methoxy groups -OCH3 is 1. The Morgan fingerprint density at radius 3 is 2.50 bits per heavy atom. The number of ether oxygens (including phenoxy) is 1. The molecule has 0 atom stereocenters. The fourth-order valence-electron chi connectivity index (χ4n) is 3.62. The highest BCUT2D eigenvalue weighted by Crippen LogP contribution is 2.28. The predicted molar refractivity (Wildman–Crippen MR) is 117 cm³/mol. The SMILES string of the molecule is CCc1ccc(Nc2n[nH]nc2C(=O)N2CCN(c3ccccc3OC)CC2)cc1. The molecule has 0 unspecified atom stereocenters. The minimum absolute atomic E-state index is 0.129. The molecule has 0 spiro atoms. The topological polar surface area (TPSA) is 86.4 Å². The Balaban J connectivity index is 1.42. The number of para-hydroxylation sites is 2. The van der Waals surface area contributed by atoms with E-state index in [9.17, 15) is 4.79 Å². The number of benzene rings is 2. The van der Waals surface area contributed by atoms with E-state index in [4.69, 9.17) is 4.74 Å². The molecule has 1 aliphatic heterocycles. The maximum atomic E-state index is 13.1. The van der Waals surface area contributed by atoms with Gasteiger partial charge in [-0.1, -0.05) is 31.2 Å². The average Bonchev–Trinajstić information content (AvgIpc) is 3.27. The van der Waals surface area contributed by atoms with E-state index < -0.39 is 0 Å². The zero-order valence-corrected chi connectivity index (χ0v) is 17.3. The second-order valence-electron chi connectivity index (χ2n) is 7.15. The number of carbonyl (C=O) groups is 1. The van der Waals surface area contributed by atoms with E-state index in [-0.39, 0.29) is 5.91 Å². The summed E-state index contributed by atoms with van der Waals surface area (Å²) in [5.41, 5.74) is 3.48. The first kappa shape index (κ1) is 19.8. The van der Waals surface area contributed by atoms with Crippen LogP contribution in [0.15, 0.2) is 48.5 Å². The summed E-state index contributed by atoms with van der Waals surface area (Å²) >= 11 is 0. The third-order valence-electron chi connectivity index (χ3n) is 5.37. The maximum Gasteiger partial charge on any atom is 0.278 e. The minimum atomic E-state index is -0.129. The molecule has 3 aromatic rings. The molecular weight excluding hydrogens is 380 g/mol. The number of nitrogens with one attached hydrogen (secondary N) is 2. The number of aromatic nitrogens is 3. The van der Waals surface area contributed by atoms with Crippen molar-refractivity contribution in [2.24, 2.45) is 0 Å². The van der Waals surface area contributed by atoms with E-state index in [0.717, 1.165) is 36.6 Å². The second kappa shape index (κ2) is 8.86. The van der Waals surface area contributed by atoms with Crippen LogP contribution in [0.2, 0.25) is 0 Å². The fraction of sp³-hybridized carbons (Fsp3) is 0.318. The second-order valence-corrected chi connectivity index (χ2v) is 7.15. The van der Waals surface area contributed by atoms with Crippen molar-refractivity contribution < 1.29 is 9.53 Å². The van der Waals surface area contributed by atoms with Gasteiger partial charge in [0.05, 0.1) is 12.8 Å². The largest absolute Gasteiger partial charge is 0.495 e. The molecule has 1 amide bonds. The van der Waals surface area contributed by atoms with Crippen LogP contribution in [0.3, 0.4) is 0 Å². The van der Waals surface area contributed by atoms with Gasteiger partial charge in [-0.3, -0.25) is 4.79 Å². The van der Waals surface area contributed by atoms with Crippen LogP contribution in [0.4, 0.5) is 17.2 Å². The van der Waals surface area contributed by atoms with Crippen LogP contribution >= 0.6 is 0 Å². The number of aromatic amines is 1. The van der Waals surface area contributed by atoms with Crippen molar-refractivity contribution >= 4 is 23.1 Å². The third kappa shape index (κ3) is 4.07. The standard InChI is InChI=1S/C22H26N6O2/c1-3-16-8-10-17(11-9-16)23-21-20(24-26-25-21)22(29)28-14-12-27(13-15-28)18-6-4-5-7-19(18)30-2/h4-11H,3,12-15H2,1-2H3,(H2,23,24,25,26). The lowest BCUT2D eigenvalue weighted by molar-refractivity contribution is 0.0741. The Morgan fingerprint density at radius 2 is 1.80 bits per heavy atom. The average molecular weight is 406 g/mol. The van der Waals surface area contributed by atoms with E-state index in [0.29, 0.717) is 24.6 Å². The molecule has 2 N–H and O–H groups in total. The number of carbonyl (C=O) groups excluding carboxylic acids is 1. The van der Waals surface area contributed by atoms with Gasteiger partial charge in [-0.25, -0.2) is 0 Å². The van der Waals surface area contributed by atoms with Crippen LogP contribution in [0, 0.1) is 0 Å². The number of anilines is 3. The molecule has 0 saturated carbocycles. The smallest absolute Gasteiger partial charge is 0.278 e. The van der Waals surface area contributed by atoms with E-state index in [2.05, 4.69) is 44.7 Å². The van der Waals surface area contributed by atoms with Crippen LogP contribution in [0.5, 0.6) is 5.75 Å². The summed E-state index contributed by atoms with van der Waals surface area (Å²) in [6, 6.07) is 16.0. The third-order valence-corrected chi connectivity index (χ3v) is 5.37. The van der Waals surface area contributed by atoms with Gasteiger partial charge in [0.25, 0.3) is 5.91 Å². The lowest BCUT2D eigenvalue weighted by Crippen LogP contribution is -2.49. The molecule has 0 bridgehead atoms. The molecular formula is C22H26N6O2. The number of hydrogen-bond acceptors (Lipinski definition) is 6. The van der Waals surface area contributed by atoms with Crippen molar-refractivity contribution in [3.8, 4) is 5.75 Å². The van der Waals surface area contributed by atoms with Crippen LogP contribution in [-0.4, -0.2) is 59.5 Å². The molecule has 0 aliphatic carbocycles. The van der Waals surface area contributed by atoms with Crippen LogP contribution in [0.1, 0.15) is 23.0 Å². The van der Waals surface area contributed by atoms with Crippen molar-refractivity contribution in [3.63, 3.8) is 0 Å². The summed E-state index contributed by atoms with van der Waals surface area (Å²) in [5.74, 6) is 1.15. The van der Waals surface area contributed by atoms with E-state index in [1.54, 1.807) is 7.11 Å². The van der Waals surface area contributed by atoms with Crippen molar-refractivity contribution in [2.45, 2.75) is 13.3 Å². The molecule has 8 heteroatoms. The molecule has 1 fully saturated rings. The first-order valence-electron chi connectivity index (χ1n) is 10.1. The summed E-state index contributed by atoms with van der Waals surface area (Å²) in [6.07, 6.45) is 0.981. The van der Waals surface area contributed by atoms with Crippen molar-refractivity contribution in [3.05, 3.63) is 59.8 Å². The van der Waals surface area contributed by atoms with Gasteiger partial charge in [0.15, 0.2) is 11.5 Å². The molecule has 2 aromatic carbocycles. The van der Waals surface area contributed by atoms with Gasteiger partial charge >= 0.3 is 0 Å². The Morgan fingerprint density at radius 1 is 1.07 bits per heavy atom. The van der Waals surface area contributed by atoms with Crippen molar-refractivity contribution in [1.29, 1.82) is 0 Å². The van der Waals surface area contributed by atoms with Gasteiger partial charge in [0.1, 0.15) is 5.75 Å². The minimum Gasteiger partial charge on any atom is -0.495 e. The number of rotatable bonds is 6. The number of aryl methyl sites for hydroxylation is 1. The first-order valence-corrected chi connectivity index (χ1v) is 10.1. The predicted octanol–water partition coefficient (Wildman–Crippen LogP) is 3.08. The highest BCUT2D eigenvalue weighted by Gasteiger charge is 2.27. The number of hydrogen-bond donors (Lipinski definition) is 2.